The maximum Gasteiger partial charge on any atom is 0.238 e. The normalized spacial score (nSPS) is 12.9. The van der Waals surface area contributed by atoms with Crippen LogP contribution in [0, 0.1) is 0 Å². The number of amides is 1. The standard InChI is InChI=1S/C16H17N5O3S/c1-10(12-3-2-4-13(9-12)25(17,23)24)18-16(22)8-11-5-6-14-15(7-11)20-21-19-14/h2-7,9-10H,8H2,1H3,(H,18,22)(H2,17,23,24)(H,19,20,21). The number of nitrogens with one attached hydrogen (secondary N) is 2. The molecule has 1 heterocycles. The quantitative estimate of drug-likeness (QED) is 0.626. The average Bonchev–Trinajstić information content (AvgIpc) is 3.01. The van der Waals surface area contributed by atoms with Gasteiger partial charge in [-0.3, -0.25) is 4.79 Å². The van der Waals surface area contributed by atoms with Gasteiger partial charge in [0.1, 0.15) is 11.0 Å². The molecule has 0 bridgehead atoms. The van der Waals surface area contributed by atoms with Gasteiger partial charge >= 0.3 is 0 Å². The van der Waals surface area contributed by atoms with Crippen LogP contribution < -0.4 is 10.5 Å². The monoisotopic (exact) mass is 359 g/mol. The maximum atomic E-state index is 12.3. The number of rotatable bonds is 5. The van der Waals surface area contributed by atoms with E-state index in [-0.39, 0.29) is 23.3 Å². The highest BCUT2D eigenvalue weighted by molar-refractivity contribution is 7.89. The summed E-state index contributed by atoms with van der Waals surface area (Å²) in [5, 5.41) is 18.5. The third kappa shape index (κ3) is 4.01. The van der Waals surface area contributed by atoms with Gasteiger partial charge in [-0.1, -0.05) is 18.2 Å². The fraction of sp³-hybridized carbons (Fsp3) is 0.188. The highest BCUT2D eigenvalue weighted by Gasteiger charge is 2.14. The van der Waals surface area contributed by atoms with Crippen LogP contribution in [0.3, 0.4) is 0 Å². The molecule has 0 spiro atoms. The molecule has 0 aliphatic carbocycles. The molecule has 0 saturated carbocycles. The van der Waals surface area contributed by atoms with Crippen LogP contribution in [-0.2, 0) is 21.2 Å². The van der Waals surface area contributed by atoms with Gasteiger partial charge in [-0.25, -0.2) is 13.6 Å². The molecule has 0 radical (unpaired) electrons. The molecule has 8 nitrogen and oxygen atoms in total. The van der Waals surface area contributed by atoms with Crippen LogP contribution in [-0.4, -0.2) is 29.7 Å². The maximum absolute atomic E-state index is 12.3. The van der Waals surface area contributed by atoms with E-state index in [0.29, 0.717) is 11.1 Å². The SMILES string of the molecule is CC(NC(=O)Cc1ccc2n[nH]nc2c1)c1cccc(S(N)(=O)=O)c1. The van der Waals surface area contributed by atoms with Crippen LogP contribution in [0.2, 0.25) is 0 Å². The lowest BCUT2D eigenvalue weighted by molar-refractivity contribution is -0.121. The van der Waals surface area contributed by atoms with Crippen molar-refractivity contribution in [2.24, 2.45) is 5.14 Å². The van der Waals surface area contributed by atoms with E-state index in [1.165, 1.54) is 12.1 Å². The van der Waals surface area contributed by atoms with Crippen LogP contribution in [0.5, 0.6) is 0 Å². The number of carbonyl (C=O) groups excluding carboxylic acids is 1. The van der Waals surface area contributed by atoms with Gasteiger partial charge in [0.2, 0.25) is 15.9 Å². The minimum Gasteiger partial charge on any atom is -0.349 e. The Morgan fingerprint density at radius 2 is 1.96 bits per heavy atom. The van der Waals surface area contributed by atoms with Gasteiger partial charge < -0.3 is 5.32 Å². The van der Waals surface area contributed by atoms with Crippen molar-refractivity contribution in [3.05, 3.63) is 53.6 Å². The lowest BCUT2D eigenvalue weighted by Crippen LogP contribution is -2.28. The summed E-state index contributed by atoms with van der Waals surface area (Å²) in [7, 11) is -3.78. The Kier molecular flexibility index (Phi) is 4.51. The zero-order chi connectivity index (χ0) is 18.0. The fourth-order valence-electron chi connectivity index (χ4n) is 2.52. The summed E-state index contributed by atoms with van der Waals surface area (Å²) >= 11 is 0. The lowest BCUT2D eigenvalue weighted by atomic mass is 10.1. The van der Waals surface area contributed by atoms with Crippen molar-refractivity contribution in [3.63, 3.8) is 0 Å². The van der Waals surface area contributed by atoms with E-state index in [9.17, 15) is 13.2 Å². The van der Waals surface area contributed by atoms with Crippen LogP contribution in [0.25, 0.3) is 11.0 Å². The van der Waals surface area contributed by atoms with E-state index >= 15 is 0 Å². The predicted octanol–water partition coefficient (Wildman–Crippen LogP) is 1.03. The van der Waals surface area contributed by atoms with Gasteiger partial charge in [0, 0.05) is 0 Å². The number of hydrogen-bond donors (Lipinski definition) is 3. The van der Waals surface area contributed by atoms with E-state index in [0.717, 1.165) is 11.1 Å². The Labute approximate surface area is 144 Å². The summed E-state index contributed by atoms with van der Waals surface area (Å²) in [5.41, 5.74) is 2.90. The smallest absolute Gasteiger partial charge is 0.238 e. The van der Waals surface area contributed by atoms with Crippen LogP contribution >= 0.6 is 0 Å². The second kappa shape index (κ2) is 6.61. The van der Waals surface area contributed by atoms with Crippen molar-refractivity contribution in [1.29, 1.82) is 0 Å². The molecule has 0 fully saturated rings. The summed E-state index contributed by atoms with van der Waals surface area (Å²) in [4.78, 5) is 12.3. The Balaban J connectivity index is 1.70. The zero-order valence-corrected chi connectivity index (χ0v) is 14.2. The number of carbonyl (C=O) groups is 1. The van der Waals surface area contributed by atoms with E-state index in [1.54, 1.807) is 31.2 Å². The Bertz CT molecular complexity index is 1030. The number of fused-ring (bicyclic) bond motifs is 1. The summed E-state index contributed by atoms with van der Waals surface area (Å²) in [5.74, 6) is -0.184. The highest BCUT2D eigenvalue weighted by atomic mass is 32.2. The van der Waals surface area contributed by atoms with Crippen molar-refractivity contribution < 1.29 is 13.2 Å². The number of hydrogen-bond acceptors (Lipinski definition) is 5. The van der Waals surface area contributed by atoms with Gasteiger partial charge in [0.25, 0.3) is 0 Å². The van der Waals surface area contributed by atoms with Gasteiger partial charge in [0.05, 0.1) is 17.4 Å². The molecule has 9 heteroatoms. The molecule has 1 amide bonds. The predicted molar refractivity (Wildman–Crippen MR) is 92.0 cm³/mol. The number of benzene rings is 2. The third-order valence-corrected chi connectivity index (χ3v) is 4.72. The molecular formula is C16H17N5O3S. The zero-order valence-electron chi connectivity index (χ0n) is 13.4. The molecule has 3 aromatic rings. The first-order valence-corrected chi connectivity index (χ1v) is 9.09. The van der Waals surface area contributed by atoms with Crippen molar-refractivity contribution in [3.8, 4) is 0 Å². The lowest BCUT2D eigenvalue weighted by Gasteiger charge is -2.15. The first kappa shape index (κ1) is 17.1. The van der Waals surface area contributed by atoms with E-state index in [1.807, 2.05) is 6.07 Å². The van der Waals surface area contributed by atoms with E-state index < -0.39 is 10.0 Å². The second-order valence-electron chi connectivity index (χ2n) is 5.73. The van der Waals surface area contributed by atoms with Crippen LogP contribution in [0.15, 0.2) is 47.4 Å². The van der Waals surface area contributed by atoms with E-state index in [2.05, 4.69) is 20.7 Å². The minimum absolute atomic E-state index is 0.0163. The number of aromatic amines is 1. The number of sulfonamides is 1. The first-order chi connectivity index (χ1) is 11.8. The highest BCUT2D eigenvalue weighted by Crippen LogP contribution is 2.17. The van der Waals surface area contributed by atoms with Crippen molar-refractivity contribution in [1.82, 2.24) is 20.7 Å². The molecule has 3 rings (SSSR count). The minimum atomic E-state index is -3.78. The number of nitrogens with zero attached hydrogens (tertiary/aromatic N) is 2. The number of H-pyrrole nitrogens is 1. The summed E-state index contributed by atoms with van der Waals surface area (Å²) in [6.07, 6.45) is 0.183. The topological polar surface area (TPSA) is 131 Å². The molecule has 1 aromatic heterocycles. The molecule has 0 aliphatic rings. The van der Waals surface area contributed by atoms with Gasteiger partial charge in [-0.2, -0.15) is 15.4 Å². The summed E-state index contributed by atoms with van der Waals surface area (Å²) in [6.45, 7) is 1.78. The first-order valence-electron chi connectivity index (χ1n) is 7.54. The average molecular weight is 359 g/mol. The van der Waals surface area contributed by atoms with Crippen LogP contribution in [0.4, 0.5) is 0 Å². The molecular weight excluding hydrogens is 342 g/mol. The largest absolute Gasteiger partial charge is 0.349 e. The molecule has 130 valence electrons. The van der Waals surface area contributed by atoms with Crippen molar-refractivity contribution >= 4 is 27.0 Å². The molecule has 2 aromatic carbocycles. The molecule has 0 saturated heterocycles. The van der Waals surface area contributed by atoms with Gasteiger partial charge in [-0.05, 0) is 42.3 Å². The van der Waals surface area contributed by atoms with Crippen molar-refractivity contribution in [2.75, 3.05) is 0 Å². The Morgan fingerprint density at radius 3 is 2.72 bits per heavy atom. The molecule has 0 aliphatic heterocycles. The Hall–Kier alpha value is -2.78. The number of aromatic nitrogens is 3. The van der Waals surface area contributed by atoms with Gasteiger partial charge in [-0.15, -0.1) is 0 Å². The van der Waals surface area contributed by atoms with Crippen LogP contribution in [0.1, 0.15) is 24.1 Å². The van der Waals surface area contributed by atoms with E-state index in [4.69, 9.17) is 5.14 Å². The molecule has 25 heavy (non-hydrogen) atoms. The summed E-state index contributed by atoms with van der Waals surface area (Å²) < 4.78 is 22.9. The fourth-order valence-corrected chi connectivity index (χ4v) is 3.09. The molecule has 1 unspecified atom stereocenters. The van der Waals surface area contributed by atoms with Crippen molar-refractivity contribution in [2.45, 2.75) is 24.3 Å². The molecule has 1 atom stereocenters. The second-order valence-corrected chi connectivity index (χ2v) is 7.29. The number of nitrogens with two attached hydrogens (primary N) is 1. The number of primary sulfonamides is 1. The summed E-state index contributed by atoms with van der Waals surface area (Å²) in [6, 6.07) is 11.3. The Morgan fingerprint density at radius 1 is 1.20 bits per heavy atom. The van der Waals surface area contributed by atoms with Gasteiger partial charge in [0.15, 0.2) is 0 Å². The third-order valence-electron chi connectivity index (χ3n) is 3.81. The molecule has 4 N–H and O–H groups in total.